The van der Waals surface area contributed by atoms with Crippen LogP contribution in [0.1, 0.15) is 30.8 Å². The molecule has 1 aromatic heterocycles. The highest BCUT2D eigenvalue weighted by Gasteiger charge is 2.33. The molecule has 1 N–H and O–H groups in total. The highest BCUT2D eigenvalue weighted by molar-refractivity contribution is 7.13. The quantitative estimate of drug-likeness (QED) is 0.948. The number of thiazole rings is 1. The SMILES string of the molecule is CC1(C)CC(NC(=O)c2csc(-c3ccccc3)n2)CO1. The van der Waals surface area contributed by atoms with Crippen LogP contribution in [0.3, 0.4) is 0 Å². The van der Waals surface area contributed by atoms with Gasteiger partial charge in [0.05, 0.1) is 18.2 Å². The molecule has 0 spiro atoms. The molecule has 1 saturated heterocycles. The van der Waals surface area contributed by atoms with Crippen molar-refractivity contribution in [2.24, 2.45) is 0 Å². The zero-order valence-electron chi connectivity index (χ0n) is 12.1. The van der Waals surface area contributed by atoms with Gasteiger partial charge in [0.1, 0.15) is 10.7 Å². The molecular weight excluding hydrogens is 284 g/mol. The van der Waals surface area contributed by atoms with E-state index in [0.29, 0.717) is 12.3 Å². The molecule has 1 aliphatic heterocycles. The van der Waals surface area contributed by atoms with Crippen LogP contribution in [0.15, 0.2) is 35.7 Å². The molecule has 1 fully saturated rings. The zero-order chi connectivity index (χ0) is 14.9. The molecule has 0 saturated carbocycles. The van der Waals surface area contributed by atoms with Gasteiger partial charge in [0.25, 0.3) is 5.91 Å². The molecule has 3 rings (SSSR count). The fourth-order valence-electron chi connectivity index (χ4n) is 2.48. The third kappa shape index (κ3) is 3.31. The summed E-state index contributed by atoms with van der Waals surface area (Å²) in [6.45, 7) is 4.64. The van der Waals surface area contributed by atoms with Crippen LogP contribution in [0.5, 0.6) is 0 Å². The van der Waals surface area contributed by atoms with Crippen molar-refractivity contribution >= 4 is 17.2 Å². The van der Waals surface area contributed by atoms with Gasteiger partial charge >= 0.3 is 0 Å². The largest absolute Gasteiger partial charge is 0.373 e. The summed E-state index contributed by atoms with van der Waals surface area (Å²) >= 11 is 1.49. The first-order valence-electron chi connectivity index (χ1n) is 6.99. The Hall–Kier alpha value is -1.72. The van der Waals surface area contributed by atoms with E-state index in [1.54, 1.807) is 5.38 Å². The average molecular weight is 302 g/mol. The summed E-state index contributed by atoms with van der Waals surface area (Å²) in [6.07, 6.45) is 0.828. The van der Waals surface area contributed by atoms with Gasteiger partial charge in [-0.2, -0.15) is 0 Å². The predicted octanol–water partition coefficient (Wildman–Crippen LogP) is 3.11. The number of rotatable bonds is 3. The Bertz CT molecular complexity index is 637. The number of hydrogen-bond acceptors (Lipinski definition) is 4. The topological polar surface area (TPSA) is 51.2 Å². The van der Waals surface area contributed by atoms with Crippen molar-refractivity contribution in [3.8, 4) is 10.6 Å². The second kappa shape index (κ2) is 5.58. The lowest BCUT2D eigenvalue weighted by molar-refractivity contribution is 0.0355. The second-order valence-electron chi connectivity index (χ2n) is 5.85. The van der Waals surface area contributed by atoms with E-state index in [-0.39, 0.29) is 17.6 Å². The maximum atomic E-state index is 12.2. The molecule has 0 aliphatic carbocycles. The monoisotopic (exact) mass is 302 g/mol. The molecule has 1 aliphatic rings. The van der Waals surface area contributed by atoms with Gasteiger partial charge in [0.15, 0.2) is 0 Å². The minimum absolute atomic E-state index is 0.0642. The van der Waals surface area contributed by atoms with Crippen LogP contribution < -0.4 is 5.32 Å². The maximum absolute atomic E-state index is 12.2. The van der Waals surface area contributed by atoms with Crippen molar-refractivity contribution in [2.75, 3.05) is 6.61 Å². The highest BCUT2D eigenvalue weighted by Crippen LogP contribution is 2.26. The third-order valence-corrected chi connectivity index (χ3v) is 4.40. The molecule has 5 heteroatoms. The van der Waals surface area contributed by atoms with Gasteiger partial charge in [-0.3, -0.25) is 4.79 Å². The Labute approximate surface area is 128 Å². The van der Waals surface area contributed by atoms with Gasteiger partial charge in [-0.1, -0.05) is 30.3 Å². The molecular formula is C16H18N2O2S. The maximum Gasteiger partial charge on any atom is 0.271 e. The third-order valence-electron chi connectivity index (χ3n) is 3.51. The Balaban J connectivity index is 1.68. The number of benzene rings is 1. The minimum Gasteiger partial charge on any atom is -0.373 e. The molecule has 0 bridgehead atoms. The van der Waals surface area contributed by atoms with E-state index in [1.165, 1.54) is 11.3 Å². The number of nitrogens with one attached hydrogen (secondary N) is 1. The van der Waals surface area contributed by atoms with Gasteiger partial charge in [0, 0.05) is 10.9 Å². The predicted molar refractivity (Wildman–Crippen MR) is 83.5 cm³/mol. The number of nitrogens with zero attached hydrogens (tertiary/aromatic N) is 1. The number of amides is 1. The Kier molecular flexibility index (Phi) is 3.78. The van der Waals surface area contributed by atoms with Crippen molar-refractivity contribution in [3.63, 3.8) is 0 Å². The summed E-state index contributed by atoms with van der Waals surface area (Å²) in [5.41, 5.74) is 1.35. The molecule has 1 amide bonds. The summed E-state index contributed by atoms with van der Waals surface area (Å²) in [7, 11) is 0. The van der Waals surface area contributed by atoms with E-state index >= 15 is 0 Å². The van der Waals surface area contributed by atoms with Gasteiger partial charge in [-0.25, -0.2) is 4.98 Å². The fraction of sp³-hybridized carbons (Fsp3) is 0.375. The summed E-state index contributed by atoms with van der Waals surface area (Å²) < 4.78 is 5.63. The standard InChI is InChI=1S/C16H18N2O2S/c1-16(2)8-12(9-20-16)17-14(19)13-10-21-15(18-13)11-6-4-3-5-7-11/h3-7,10,12H,8-9H2,1-2H3,(H,17,19). The highest BCUT2D eigenvalue weighted by atomic mass is 32.1. The van der Waals surface area contributed by atoms with Gasteiger partial charge in [-0.15, -0.1) is 11.3 Å². The van der Waals surface area contributed by atoms with Crippen LogP contribution >= 0.6 is 11.3 Å². The molecule has 1 atom stereocenters. The zero-order valence-corrected chi connectivity index (χ0v) is 12.9. The Morgan fingerprint density at radius 2 is 2.14 bits per heavy atom. The first kappa shape index (κ1) is 14.2. The lowest BCUT2D eigenvalue weighted by Gasteiger charge is -2.15. The van der Waals surface area contributed by atoms with Crippen molar-refractivity contribution in [1.82, 2.24) is 10.3 Å². The number of hydrogen-bond donors (Lipinski definition) is 1. The van der Waals surface area contributed by atoms with Crippen LogP contribution in [0.2, 0.25) is 0 Å². The van der Waals surface area contributed by atoms with Crippen LogP contribution in [0, 0.1) is 0 Å². The minimum atomic E-state index is -0.158. The van der Waals surface area contributed by atoms with Crippen molar-refractivity contribution < 1.29 is 9.53 Å². The van der Waals surface area contributed by atoms with Crippen LogP contribution in [-0.4, -0.2) is 29.1 Å². The summed E-state index contributed by atoms with van der Waals surface area (Å²) in [5, 5.41) is 5.66. The van der Waals surface area contributed by atoms with Gasteiger partial charge < -0.3 is 10.1 Å². The summed E-state index contributed by atoms with van der Waals surface area (Å²) in [4.78, 5) is 16.7. The number of carbonyl (C=O) groups excluding carboxylic acids is 1. The molecule has 4 nitrogen and oxygen atoms in total. The van der Waals surface area contributed by atoms with Gasteiger partial charge in [-0.05, 0) is 20.3 Å². The van der Waals surface area contributed by atoms with Crippen LogP contribution in [0.25, 0.3) is 10.6 Å². The lowest BCUT2D eigenvalue weighted by atomic mass is 10.0. The molecule has 1 aromatic carbocycles. The van der Waals surface area contributed by atoms with Crippen molar-refractivity contribution in [3.05, 3.63) is 41.4 Å². The Morgan fingerprint density at radius 3 is 2.81 bits per heavy atom. The first-order chi connectivity index (χ1) is 10.0. The lowest BCUT2D eigenvalue weighted by Crippen LogP contribution is -2.36. The average Bonchev–Trinajstić information content (AvgIpc) is 3.07. The molecule has 21 heavy (non-hydrogen) atoms. The first-order valence-corrected chi connectivity index (χ1v) is 7.87. The molecule has 2 aromatic rings. The fourth-order valence-corrected chi connectivity index (χ4v) is 3.29. The second-order valence-corrected chi connectivity index (χ2v) is 6.71. The van der Waals surface area contributed by atoms with Gasteiger partial charge in [0.2, 0.25) is 0 Å². The van der Waals surface area contributed by atoms with E-state index in [1.807, 2.05) is 44.2 Å². The molecule has 1 unspecified atom stereocenters. The van der Waals surface area contributed by atoms with E-state index in [9.17, 15) is 4.79 Å². The number of aromatic nitrogens is 1. The summed E-state index contributed by atoms with van der Waals surface area (Å²) in [5.74, 6) is -0.125. The molecule has 110 valence electrons. The van der Waals surface area contributed by atoms with E-state index in [4.69, 9.17) is 4.74 Å². The van der Waals surface area contributed by atoms with Crippen molar-refractivity contribution in [2.45, 2.75) is 31.9 Å². The number of carbonyl (C=O) groups is 1. The van der Waals surface area contributed by atoms with E-state index < -0.39 is 0 Å². The number of ether oxygens (including phenoxy) is 1. The molecule has 0 radical (unpaired) electrons. The molecule has 2 heterocycles. The van der Waals surface area contributed by atoms with Crippen molar-refractivity contribution in [1.29, 1.82) is 0 Å². The normalized spacial score (nSPS) is 20.4. The Morgan fingerprint density at radius 1 is 1.38 bits per heavy atom. The smallest absolute Gasteiger partial charge is 0.271 e. The van der Waals surface area contributed by atoms with Crippen LogP contribution in [-0.2, 0) is 4.74 Å². The van der Waals surface area contributed by atoms with Crippen LogP contribution in [0.4, 0.5) is 0 Å². The summed E-state index contributed by atoms with van der Waals surface area (Å²) in [6, 6.07) is 9.95. The van der Waals surface area contributed by atoms with E-state index in [2.05, 4.69) is 10.3 Å². The van der Waals surface area contributed by atoms with E-state index in [0.717, 1.165) is 17.0 Å².